The second kappa shape index (κ2) is 15.9. The second-order valence-electron chi connectivity index (χ2n) is 8.15. The number of hydrogen-bond acceptors (Lipinski definition) is 9. The fourth-order valence-electron chi connectivity index (χ4n) is 3.34. The van der Waals surface area contributed by atoms with E-state index in [4.69, 9.17) is 46.9 Å². The molecule has 0 saturated carbocycles. The molecule has 0 aliphatic heterocycles. The van der Waals surface area contributed by atoms with Crippen LogP contribution in [0.1, 0.15) is 16.2 Å². The average Bonchev–Trinajstić information content (AvgIpc) is 3.39. The maximum atomic E-state index is 13.1. The summed E-state index contributed by atoms with van der Waals surface area (Å²) in [6, 6.07) is 10.0. The number of anilines is 1. The largest absolute Gasteiger partial charge is 0.480 e. The molecular weight excluding hydrogens is 569 g/mol. The number of rotatable bonds is 17. The first-order valence-corrected chi connectivity index (χ1v) is 12.7. The smallest absolute Gasteiger partial charge is 0.337 e. The minimum absolute atomic E-state index is 0.0393. The van der Waals surface area contributed by atoms with Gasteiger partial charge < -0.3 is 34.2 Å². The van der Waals surface area contributed by atoms with Crippen molar-refractivity contribution in [1.82, 2.24) is 10.3 Å². The molecule has 3 aromatic rings. The van der Waals surface area contributed by atoms with Gasteiger partial charge in [-0.25, -0.2) is 14.6 Å². The van der Waals surface area contributed by atoms with Crippen molar-refractivity contribution in [3.8, 4) is 11.3 Å². The van der Waals surface area contributed by atoms with Crippen molar-refractivity contribution < 1.29 is 43.2 Å². The number of carboxylic acids is 2. The van der Waals surface area contributed by atoms with Crippen LogP contribution in [0, 0.1) is 0 Å². The van der Waals surface area contributed by atoms with E-state index in [1.807, 2.05) is 0 Å². The summed E-state index contributed by atoms with van der Waals surface area (Å²) in [7, 11) is 0. The average molecular weight is 596 g/mol. The first kappa shape index (κ1) is 31.0. The van der Waals surface area contributed by atoms with E-state index in [-0.39, 0.29) is 56.7 Å². The Morgan fingerprint density at radius 2 is 1.70 bits per heavy atom. The third kappa shape index (κ3) is 9.90. The van der Waals surface area contributed by atoms with Crippen molar-refractivity contribution in [2.75, 3.05) is 45.0 Å². The number of benzene rings is 2. The summed E-state index contributed by atoms with van der Waals surface area (Å²) >= 11 is 12.3. The molecule has 0 fully saturated rings. The molecule has 1 heterocycles. The molecule has 0 saturated heterocycles. The normalized spacial score (nSPS) is 11.8. The maximum absolute atomic E-state index is 13.1. The topological polar surface area (TPSA) is 169 Å². The van der Waals surface area contributed by atoms with Gasteiger partial charge in [0, 0.05) is 10.6 Å². The predicted molar refractivity (Wildman–Crippen MR) is 145 cm³/mol. The van der Waals surface area contributed by atoms with Crippen molar-refractivity contribution in [1.29, 1.82) is 0 Å². The summed E-state index contributed by atoms with van der Waals surface area (Å²) in [5.74, 6) is -2.14. The molecule has 40 heavy (non-hydrogen) atoms. The van der Waals surface area contributed by atoms with E-state index in [2.05, 4.69) is 15.6 Å². The van der Waals surface area contributed by atoms with E-state index in [1.165, 1.54) is 18.3 Å². The molecule has 1 amide bonds. The van der Waals surface area contributed by atoms with Gasteiger partial charge in [-0.3, -0.25) is 10.1 Å². The summed E-state index contributed by atoms with van der Waals surface area (Å²) in [4.78, 5) is 39.3. The number of carbonyl (C=O) groups is 3. The zero-order valence-corrected chi connectivity index (χ0v) is 22.6. The Morgan fingerprint density at radius 1 is 0.975 bits per heavy atom. The minimum Gasteiger partial charge on any atom is -0.480 e. The highest BCUT2D eigenvalue weighted by Crippen LogP contribution is 2.31. The molecule has 214 valence electrons. The van der Waals surface area contributed by atoms with Crippen molar-refractivity contribution in [2.45, 2.75) is 12.6 Å². The quantitative estimate of drug-likeness (QED) is 0.168. The lowest BCUT2D eigenvalue weighted by Gasteiger charge is -2.18. The van der Waals surface area contributed by atoms with Crippen molar-refractivity contribution in [3.63, 3.8) is 0 Å². The Labute approximate surface area is 239 Å². The third-order valence-electron chi connectivity index (χ3n) is 5.23. The van der Waals surface area contributed by atoms with Crippen LogP contribution in [-0.2, 0) is 30.3 Å². The van der Waals surface area contributed by atoms with E-state index in [1.54, 1.807) is 30.3 Å². The van der Waals surface area contributed by atoms with Crippen LogP contribution in [0.4, 0.5) is 5.69 Å². The molecule has 0 spiro atoms. The number of ether oxygens (including phenoxy) is 3. The van der Waals surface area contributed by atoms with Crippen LogP contribution in [0.25, 0.3) is 11.3 Å². The fourth-order valence-corrected chi connectivity index (χ4v) is 3.72. The van der Waals surface area contributed by atoms with Gasteiger partial charge in [0.2, 0.25) is 11.8 Å². The van der Waals surface area contributed by atoms with Crippen LogP contribution < -0.4 is 10.6 Å². The molecule has 0 bridgehead atoms. The monoisotopic (exact) mass is 595 g/mol. The van der Waals surface area contributed by atoms with Gasteiger partial charge >= 0.3 is 11.9 Å². The van der Waals surface area contributed by atoms with E-state index in [9.17, 15) is 19.5 Å². The highest BCUT2D eigenvalue weighted by Gasteiger charge is 2.22. The van der Waals surface area contributed by atoms with E-state index >= 15 is 0 Å². The van der Waals surface area contributed by atoms with Crippen LogP contribution in [0.5, 0.6) is 0 Å². The number of halogens is 2. The molecule has 1 atom stereocenters. The molecule has 0 radical (unpaired) electrons. The van der Waals surface area contributed by atoms with E-state index in [0.29, 0.717) is 21.4 Å². The number of nitrogens with zero attached hydrogens (tertiary/aromatic N) is 1. The predicted octanol–water partition coefficient (Wildman–Crippen LogP) is 3.58. The van der Waals surface area contributed by atoms with Crippen LogP contribution in [0.3, 0.4) is 0 Å². The van der Waals surface area contributed by atoms with Gasteiger partial charge in [0.1, 0.15) is 12.6 Å². The number of amides is 1. The first-order chi connectivity index (χ1) is 19.2. The third-order valence-corrected chi connectivity index (χ3v) is 5.80. The van der Waals surface area contributed by atoms with Gasteiger partial charge in [-0.05, 0) is 30.3 Å². The van der Waals surface area contributed by atoms with Gasteiger partial charge in [-0.15, -0.1) is 0 Å². The number of carbonyl (C=O) groups excluding carboxylic acids is 1. The number of hydrogen-bond donors (Lipinski definition) is 4. The molecule has 2 aromatic carbocycles. The molecule has 1 unspecified atom stereocenters. The van der Waals surface area contributed by atoms with E-state index in [0.717, 1.165) is 0 Å². The number of para-hydroxylation sites is 1. The highest BCUT2D eigenvalue weighted by molar-refractivity contribution is 6.35. The molecule has 4 N–H and O–H groups in total. The Bertz CT molecular complexity index is 1300. The number of aliphatic carboxylic acids is 1. The van der Waals surface area contributed by atoms with Crippen molar-refractivity contribution in [2.24, 2.45) is 0 Å². The van der Waals surface area contributed by atoms with E-state index < -0.39 is 30.5 Å². The summed E-state index contributed by atoms with van der Waals surface area (Å²) < 4.78 is 21.5. The Balaban J connectivity index is 1.59. The minimum atomic E-state index is -1.19. The van der Waals surface area contributed by atoms with Crippen molar-refractivity contribution >= 4 is 46.7 Å². The molecule has 0 aliphatic carbocycles. The Morgan fingerprint density at radius 3 is 2.45 bits per heavy atom. The zero-order valence-electron chi connectivity index (χ0n) is 21.1. The summed E-state index contributed by atoms with van der Waals surface area (Å²) in [5.41, 5.74) is 0.625. The number of aromatic nitrogens is 1. The Hall–Kier alpha value is -3.52. The molecule has 1 aromatic heterocycles. The first-order valence-electron chi connectivity index (χ1n) is 12.0. The Kier molecular flexibility index (Phi) is 12.3. The maximum Gasteiger partial charge on any atom is 0.337 e. The SMILES string of the molecule is O=C(O)COCCOCCOCC(NCc1ncc(-c2cc(Cl)ccc2Cl)o1)C(=O)Nc1ccccc1C(=O)O. The summed E-state index contributed by atoms with van der Waals surface area (Å²) in [5, 5.41) is 24.5. The van der Waals surface area contributed by atoms with Gasteiger partial charge in [0.05, 0.1) is 62.0 Å². The zero-order chi connectivity index (χ0) is 28.9. The van der Waals surface area contributed by atoms with Gasteiger partial charge in [0.25, 0.3) is 0 Å². The van der Waals surface area contributed by atoms with Crippen LogP contribution in [0.15, 0.2) is 53.1 Å². The number of oxazole rings is 1. The molecule has 12 nitrogen and oxygen atoms in total. The van der Waals surface area contributed by atoms with Gasteiger partial charge in [-0.1, -0.05) is 35.3 Å². The number of nitrogens with one attached hydrogen (secondary N) is 2. The summed E-state index contributed by atoms with van der Waals surface area (Å²) in [6.45, 7) is 0.133. The van der Waals surface area contributed by atoms with Crippen LogP contribution in [0.2, 0.25) is 10.0 Å². The molecule has 3 rings (SSSR count). The molecule has 14 heteroatoms. The van der Waals surface area contributed by atoms with Crippen LogP contribution in [-0.4, -0.2) is 78.7 Å². The van der Waals surface area contributed by atoms with Crippen molar-refractivity contribution in [3.05, 3.63) is 70.2 Å². The van der Waals surface area contributed by atoms with Gasteiger partial charge in [-0.2, -0.15) is 0 Å². The summed E-state index contributed by atoms with van der Waals surface area (Å²) in [6.07, 6.45) is 1.49. The lowest BCUT2D eigenvalue weighted by Crippen LogP contribution is -2.44. The lowest BCUT2D eigenvalue weighted by molar-refractivity contribution is -0.142. The fraction of sp³-hybridized carbons (Fsp3) is 0.308. The highest BCUT2D eigenvalue weighted by atomic mass is 35.5. The van der Waals surface area contributed by atoms with Gasteiger partial charge in [0.15, 0.2) is 5.76 Å². The number of aromatic carboxylic acids is 1. The molecular formula is C26H27Cl2N3O9. The number of carboxylic acid groups (broad SMARTS) is 2. The lowest BCUT2D eigenvalue weighted by atomic mass is 10.1. The molecule has 0 aliphatic rings. The standard InChI is InChI=1S/C26H27Cl2N3O9/c27-16-5-6-19(28)18(11-16)22-12-30-23(40-22)13-29-21(14-38-9-7-37-8-10-39-15-24(32)33)25(34)31-20-4-2-1-3-17(20)26(35)36/h1-6,11-12,21,29H,7-10,13-15H2,(H,31,34)(H,32,33)(H,35,36). The second-order valence-corrected chi connectivity index (χ2v) is 8.99. The van der Waals surface area contributed by atoms with Crippen LogP contribution >= 0.6 is 23.2 Å².